The fourth-order valence-corrected chi connectivity index (χ4v) is 2.23. The molecule has 1 atom stereocenters. The summed E-state index contributed by atoms with van der Waals surface area (Å²) in [5, 5.41) is 3.27. The summed E-state index contributed by atoms with van der Waals surface area (Å²) in [6.45, 7) is 2.56. The second-order valence-electron chi connectivity index (χ2n) is 4.40. The highest BCUT2D eigenvalue weighted by Crippen LogP contribution is 2.26. The molecule has 0 aromatic heterocycles. The Hall–Kier alpha value is -0.930. The summed E-state index contributed by atoms with van der Waals surface area (Å²) < 4.78 is 13.5. The maximum atomic E-state index is 13.5. The van der Waals surface area contributed by atoms with E-state index in [1.54, 1.807) is 6.07 Å². The first kappa shape index (κ1) is 10.6. The number of halogens is 1. The lowest BCUT2D eigenvalue weighted by Gasteiger charge is -2.28. The number of nitrogens with zero attached hydrogens (tertiary/aromatic N) is 1. The highest BCUT2D eigenvalue weighted by atomic mass is 19.1. The van der Waals surface area contributed by atoms with Gasteiger partial charge < -0.3 is 10.2 Å². The Morgan fingerprint density at radius 2 is 2.27 bits per heavy atom. The van der Waals surface area contributed by atoms with Crippen molar-refractivity contribution in [3.05, 3.63) is 35.1 Å². The lowest BCUT2D eigenvalue weighted by Crippen LogP contribution is -2.34. The van der Waals surface area contributed by atoms with Crippen LogP contribution < -0.4 is 5.32 Å². The second-order valence-corrected chi connectivity index (χ2v) is 4.40. The molecule has 0 bridgehead atoms. The molecular formula is C12H17FN2. The third kappa shape index (κ3) is 2.19. The van der Waals surface area contributed by atoms with Crippen LogP contribution in [0.5, 0.6) is 0 Å². The number of benzene rings is 1. The van der Waals surface area contributed by atoms with Gasteiger partial charge >= 0.3 is 0 Å². The van der Waals surface area contributed by atoms with Gasteiger partial charge in [-0.15, -0.1) is 0 Å². The molecule has 1 aromatic carbocycles. The molecule has 0 radical (unpaired) electrons. The van der Waals surface area contributed by atoms with Crippen molar-refractivity contribution in [2.45, 2.75) is 12.5 Å². The molecule has 1 aliphatic rings. The van der Waals surface area contributed by atoms with Crippen LogP contribution in [-0.2, 0) is 6.54 Å². The van der Waals surface area contributed by atoms with Crippen molar-refractivity contribution >= 4 is 0 Å². The Labute approximate surface area is 90.1 Å². The summed E-state index contributed by atoms with van der Waals surface area (Å²) in [4.78, 5) is 2.15. The summed E-state index contributed by atoms with van der Waals surface area (Å²) in [5.74, 6) is 0.322. The Morgan fingerprint density at radius 1 is 1.47 bits per heavy atom. The second kappa shape index (κ2) is 4.29. The molecule has 82 valence electrons. The van der Waals surface area contributed by atoms with Crippen LogP contribution in [0.1, 0.15) is 17.0 Å². The molecule has 2 nitrogen and oxygen atoms in total. The van der Waals surface area contributed by atoms with Gasteiger partial charge in [-0.05, 0) is 25.7 Å². The van der Waals surface area contributed by atoms with E-state index >= 15 is 0 Å². The van der Waals surface area contributed by atoms with Gasteiger partial charge in [-0.3, -0.25) is 0 Å². The Kier molecular flexibility index (Phi) is 3.03. The van der Waals surface area contributed by atoms with Crippen LogP contribution in [0.3, 0.4) is 0 Å². The van der Waals surface area contributed by atoms with E-state index in [2.05, 4.69) is 10.2 Å². The molecule has 0 spiro atoms. The quantitative estimate of drug-likeness (QED) is 0.793. The SMILES string of the molecule is CN(C)CC1CNCc2c(F)cccc21. The molecule has 1 aromatic rings. The van der Waals surface area contributed by atoms with Gasteiger partial charge in [0, 0.05) is 31.1 Å². The van der Waals surface area contributed by atoms with Gasteiger partial charge in [0.2, 0.25) is 0 Å². The summed E-state index contributed by atoms with van der Waals surface area (Å²) in [5.41, 5.74) is 2.01. The van der Waals surface area contributed by atoms with Crippen LogP contribution in [-0.4, -0.2) is 32.1 Å². The Morgan fingerprint density at radius 3 is 3.00 bits per heavy atom. The van der Waals surface area contributed by atoms with E-state index in [9.17, 15) is 4.39 Å². The molecule has 3 heteroatoms. The highest BCUT2D eigenvalue weighted by molar-refractivity contribution is 5.34. The fourth-order valence-electron chi connectivity index (χ4n) is 2.23. The minimum Gasteiger partial charge on any atom is -0.312 e. The first-order chi connectivity index (χ1) is 7.18. The summed E-state index contributed by atoms with van der Waals surface area (Å²) in [6.07, 6.45) is 0. The number of rotatable bonds is 2. The van der Waals surface area contributed by atoms with Crippen LogP contribution in [0.2, 0.25) is 0 Å². The van der Waals surface area contributed by atoms with Crippen LogP contribution in [0.15, 0.2) is 18.2 Å². The van der Waals surface area contributed by atoms with E-state index < -0.39 is 0 Å². The molecule has 1 unspecified atom stereocenters. The van der Waals surface area contributed by atoms with Crippen molar-refractivity contribution < 1.29 is 4.39 Å². The van der Waals surface area contributed by atoms with E-state index in [4.69, 9.17) is 0 Å². The average molecular weight is 208 g/mol. The monoisotopic (exact) mass is 208 g/mol. The molecular weight excluding hydrogens is 191 g/mol. The van der Waals surface area contributed by atoms with Crippen molar-refractivity contribution in [3.63, 3.8) is 0 Å². The maximum absolute atomic E-state index is 13.5. The lowest BCUT2D eigenvalue weighted by molar-refractivity contribution is 0.353. The molecule has 0 aliphatic carbocycles. The largest absolute Gasteiger partial charge is 0.312 e. The van der Waals surface area contributed by atoms with E-state index in [1.807, 2.05) is 26.2 Å². The number of fused-ring (bicyclic) bond motifs is 1. The number of hydrogen-bond acceptors (Lipinski definition) is 2. The Balaban J connectivity index is 2.30. The highest BCUT2D eigenvalue weighted by Gasteiger charge is 2.22. The third-order valence-electron chi connectivity index (χ3n) is 2.87. The van der Waals surface area contributed by atoms with Crippen LogP contribution in [0, 0.1) is 5.82 Å². The van der Waals surface area contributed by atoms with Crippen molar-refractivity contribution in [1.29, 1.82) is 0 Å². The lowest BCUT2D eigenvalue weighted by atomic mass is 9.90. The van der Waals surface area contributed by atoms with Crippen molar-refractivity contribution in [2.24, 2.45) is 0 Å². The van der Waals surface area contributed by atoms with Gasteiger partial charge in [-0.25, -0.2) is 4.39 Å². The zero-order chi connectivity index (χ0) is 10.8. The molecule has 15 heavy (non-hydrogen) atoms. The zero-order valence-corrected chi connectivity index (χ0v) is 9.26. The molecule has 1 N–H and O–H groups in total. The van der Waals surface area contributed by atoms with Crippen LogP contribution >= 0.6 is 0 Å². The standard InChI is InChI=1S/C12H17FN2/c1-15(2)8-9-6-14-7-11-10(9)4-3-5-12(11)13/h3-5,9,14H,6-8H2,1-2H3. The maximum Gasteiger partial charge on any atom is 0.127 e. The first-order valence-corrected chi connectivity index (χ1v) is 5.31. The van der Waals surface area contributed by atoms with Crippen LogP contribution in [0.4, 0.5) is 4.39 Å². The topological polar surface area (TPSA) is 15.3 Å². The van der Waals surface area contributed by atoms with E-state index in [0.717, 1.165) is 18.7 Å². The normalized spacial score (nSPS) is 20.4. The smallest absolute Gasteiger partial charge is 0.127 e. The Bertz CT molecular complexity index is 349. The van der Waals surface area contributed by atoms with Gasteiger partial charge in [0.05, 0.1) is 0 Å². The van der Waals surface area contributed by atoms with Gasteiger partial charge in [-0.1, -0.05) is 12.1 Å². The van der Waals surface area contributed by atoms with Gasteiger partial charge in [0.15, 0.2) is 0 Å². The first-order valence-electron chi connectivity index (χ1n) is 5.31. The molecule has 1 aliphatic heterocycles. The predicted molar refractivity (Wildman–Crippen MR) is 59.4 cm³/mol. The molecule has 2 rings (SSSR count). The van der Waals surface area contributed by atoms with E-state index in [-0.39, 0.29) is 5.82 Å². The molecule has 0 saturated heterocycles. The van der Waals surface area contributed by atoms with Gasteiger partial charge in [-0.2, -0.15) is 0 Å². The summed E-state index contributed by atoms with van der Waals surface area (Å²) in [6, 6.07) is 5.40. The van der Waals surface area contributed by atoms with E-state index in [0.29, 0.717) is 12.5 Å². The fraction of sp³-hybridized carbons (Fsp3) is 0.500. The van der Waals surface area contributed by atoms with Crippen molar-refractivity contribution in [1.82, 2.24) is 10.2 Å². The summed E-state index contributed by atoms with van der Waals surface area (Å²) >= 11 is 0. The van der Waals surface area contributed by atoms with Crippen LogP contribution in [0.25, 0.3) is 0 Å². The van der Waals surface area contributed by atoms with E-state index in [1.165, 1.54) is 5.56 Å². The number of nitrogens with one attached hydrogen (secondary N) is 1. The minimum atomic E-state index is -0.0801. The summed E-state index contributed by atoms with van der Waals surface area (Å²) in [7, 11) is 4.10. The predicted octanol–water partition coefficient (Wildman–Crippen LogP) is 1.57. The molecule has 0 amide bonds. The van der Waals surface area contributed by atoms with Gasteiger partial charge in [0.25, 0.3) is 0 Å². The molecule has 1 heterocycles. The van der Waals surface area contributed by atoms with Crippen molar-refractivity contribution in [2.75, 3.05) is 27.2 Å². The zero-order valence-electron chi connectivity index (χ0n) is 9.26. The number of hydrogen-bond donors (Lipinski definition) is 1. The molecule has 0 fully saturated rings. The minimum absolute atomic E-state index is 0.0801. The van der Waals surface area contributed by atoms with Gasteiger partial charge in [0.1, 0.15) is 5.82 Å². The average Bonchev–Trinajstić information content (AvgIpc) is 2.19. The molecule has 0 saturated carbocycles. The number of likely N-dealkylation sites (N-methyl/N-ethyl adjacent to an activating group) is 1. The third-order valence-corrected chi connectivity index (χ3v) is 2.87. The van der Waals surface area contributed by atoms with Crippen molar-refractivity contribution in [3.8, 4) is 0 Å².